The molecule has 0 aliphatic heterocycles. The van der Waals surface area contributed by atoms with Crippen LogP contribution in [0.3, 0.4) is 0 Å². The lowest BCUT2D eigenvalue weighted by Gasteiger charge is -2.13. The Bertz CT molecular complexity index is 1440. The first-order chi connectivity index (χ1) is 21.2. The number of ether oxygens (including phenoxy) is 5. The molecule has 0 saturated heterocycles. The van der Waals surface area contributed by atoms with Gasteiger partial charge in [0, 0.05) is 25.2 Å². The van der Waals surface area contributed by atoms with Crippen LogP contribution >= 0.6 is 0 Å². The zero-order valence-electron chi connectivity index (χ0n) is 25.4. The fourth-order valence-electron chi connectivity index (χ4n) is 3.96. The lowest BCUT2D eigenvalue weighted by atomic mass is 10.1. The molecule has 44 heavy (non-hydrogen) atoms. The van der Waals surface area contributed by atoms with Gasteiger partial charge in [0.1, 0.15) is 42.0 Å². The summed E-state index contributed by atoms with van der Waals surface area (Å²) < 4.78 is 27.2. The first-order valence-electron chi connectivity index (χ1n) is 14.1. The van der Waals surface area contributed by atoms with Crippen LogP contribution in [0.5, 0.6) is 28.7 Å². The Kier molecular flexibility index (Phi) is 13.0. The molecule has 0 aliphatic rings. The van der Waals surface area contributed by atoms with Crippen LogP contribution in [0.25, 0.3) is 0 Å². The molecule has 0 fully saturated rings. The summed E-state index contributed by atoms with van der Waals surface area (Å²) in [6, 6.07) is 17.2. The normalized spacial score (nSPS) is 10.4. The number of methoxy groups -OCH3 is 2. The van der Waals surface area contributed by atoms with Crippen molar-refractivity contribution < 1.29 is 42.9 Å². The summed E-state index contributed by atoms with van der Waals surface area (Å²) in [7, 11) is 3.02. The van der Waals surface area contributed by atoms with Crippen molar-refractivity contribution in [1.82, 2.24) is 10.6 Å². The second kappa shape index (κ2) is 17.2. The topological polar surface area (TPSA) is 138 Å². The summed E-state index contributed by atoms with van der Waals surface area (Å²) in [4.78, 5) is 48.1. The minimum absolute atomic E-state index is 0.139. The average Bonchev–Trinajstić information content (AvgIpc) is 3.02. The van der Waals surface area contributed by atoms with Crippen molar-refractivity contribution >= 4 is 23.4 Å². The molecule has 2 N–H and O–H groups in total. The second-order valence-corrected chi connectivity index (χ2v) is 9.81. The SMILES string of the molecule is COc1ccc(C(=O)NCCCOc2ccc(CCNC(=O)c3ccc(OC)cc3OCC(C)=O)cc2)c(OCC(C)=O)c1. The number of ketones is 2. The molecule has 0 spiro atoms. The zero-order valence-corrected chi connectivity index (χ0v) is 25.4. The van der Waals surface area contributed by atoms with E-state index in [-0.39, 0.29) is 48.1 Å². The number of rotatable bonds is 18. The van der Waals surface area contributed by atoms with Crippen molar-refractivity contribution in [1.29, 1.82) is 0 Å². The van der Waals surface area contributed by atoms with Crippen LogP contribution < -0.4 is 34.3 Å². The van der Waals surface area contributed by atoms with Gasteiger partial charge >= 0.3 is 0 Å². The first-order valence-corrected chi connectivity index (χ1v) is 14.1. The molecule has 11 nitrogen and oxygen atoms in total. The number of hydrogen-bond donors (Lipinski definition) is 2. The van der Waals surface area contributed by atoms with Gasteiger partial charge in [-0.1, -0.05) is 12.1 Å². The van der Waals surface area contributed by atoms with E-state index >= 15 is 0 Å². The largest absolute Gasteiger partial charge is 0.497 e. The van der Waals surface area contributed by atoms with E-state index in [1.807, 2.05) is 24.3 Å². The number of hydrogen-bond acceptors (Lipinski definition) is 9. The number of amides is 2. The molecule has 0 aromatic heterocycles. The van der Waals surface area contributed by atoms with Crippen LogP contribution in [0.2, 0.25) is 0 Å². The molecule has 11 heteroatoms. The molecule has 3 rings (SSSR count). The molecule has 234 valence electrons. The highest BCUT2D eigenvalue weighted by molar-refractivity contribution is 5.98. The highest BCUT2D eigenvalue weighted by atomic mass is 16.5. The van der Waals surface area contributed by atoms with E-state index < -0.39 is 0 Å². The Morgan fingerprint density at radius 1 is 0.614 bits per heavy atom. The lowest BCUT2D eigenvalue weighted by Crippen LogP contribution is -2.26. The quantitative estimate of drug-likeness (QED) is 0.207. The van der Waals surface area contributed by atoms with Gasteiger partial charge in [-0.3, -0.25) is 19.2 Å². The monoisotopic (exact) mass is 606 g/mol. The summed E-state index contributed by atoms with van der Waals surface area (Å²) in [6.45, 7) is 3.70. The molecular weight excluding hydrogens is 568 g/mol. The van der Waals surface area contributed by atoms with Crippen LogP contribution in [0.4, 0.5) is 0 Å². The third-order valence-electron chi connectivity index (χ3n) is 6.23. The lowest BCUT2D eigenvalue weighted by molar-refractivity contribution is -0.119. The van der Waals surface area contributed by atoms with Crippen LogP contribution in [-0.2, 0) is 16.0 Å². The molecule has 2 amide bonds. The summed E-state index contributed by atoms with van der Waals surface area (Å²) >= 11 is 0. The van der Waals surface area contributed by atoms with Gasteiger partial charge < -0.3 is 34.3 Å². The number of carbonyl (C=O) groups is 4. The van der Waals surface area contributed by atoms with Gasteiger partial charge in [0.2, 0.25) is 0 Å². The predicted octanol–water partition coefficient (Wildman–Crippen LogP) is 3.81. The second-order valence-electron chi connectivity index (χ2n) is 9.81. The third kappa shape index (κ3) is 10.6. The molecule has 3 aromatic rings. The van der Waals surface area contributed by atoms with Gasteiger partial charge in [0.25, 0.3) is 11.8 Å². The average molecular weight is 607 g/mol. The molecular formula is C33H38N2O9. The minimum atomic E-state index is -0.325. The number of Topliss-reactive ketones (excluding diaryl/α,β-unsaturated/α-hetero) is 2. The van der Waals surface area contributed by atoms with Crippen molar-refractivity contribution in [3.05, 3.63) is 77.4 Å². The maximum absolute atomic E-state index is 12.8. The van der Waals surface area contributed by atoms with E-state index in [1.54, 1.807) is 36.4 Å². The fourth-order valence-corrected chi connectivity index (χ4v) is 3.96. The summed E-state index contributed by atoms with van der Waals surface area (Å²) in [5.74, 6) is 1.32. The van der Waals surface area contributed by atoms with Gasteiger partial charge in [-0.2, -0.15) is 0 Å². The summed E-state index contributed by atoms with van der Waals surface area (Å²) in [5, 5.41) is 5.72. The van der Waals surface area contributed by atoms with Crippen LogP contribution in [0.1, 0.15) is 46.5 Å². The molecule has 0 atom stereocenters. The fraction of sp³-hybridized carbons (Fsp3) is 0.333. The van der Waals surface area contributed by atoms with Gasteiger partial charge in [-0.05, 0) is 68.7 Å². The Hall–Kier alpha value is -5.06. The van der Waals surface area contributed by atoms with Gasteiger partial charge in [-0.25, -0.2) is 0 Å². The summed E-state index contributed by atoms with van der Waals surface area (Å²) in [5.41, 5.74) is 1.64. The van der Waals surface area contributed by atoms with E-state index in [4.69, 9.17) is 23.7 Å². The smallest absolute Gasteiger partial charge is 0.255 e. The molecule has 3 aromatic carbocycles. The Morgan fingerprint density at radius 3 is 1.57 bits per heavy atom. The molecule has 0 saturated carbocycles. The van der Waals surface area contributed by atoms with E-state index in [1.165, 1.54) is 28.1 Å². The number of carbonyl (C=O) groups excluding carboxylic acids is 4. The number of nitrogens with one attached hydrogen (secondary N) is 2. The van der Waals surface area contributed by atoms with Crippen molar-refractivity contribution in [3.8, 4) is 28.7 Å². The third-order valence-corrected chi connectivity index (χ3v) is 6.23. The van der Waals surface area contributed by atoms with Crippen molar-refractivity contribution in [2.45, 2.75) is 26.7 Å². The highest BCUT2D eigenvalue weighted by Gasteiger charge is 2.16. The maximum atomic E-state index is 12.8. The molecule has 0 aliphatic carbocycles. The molecule has 0 heterocycles. The van der Waals surface area contributed by atoms with E-state index in [0.29, 0.717) is 60.9 Å². The van der Waals surface area contributed by atoms with Gasteiger partial charge in [0.05, 0.1) is 32.0 Å². The van der Waals surface area contributed by atoms with E-state index in [2.05, 4.69) is 10.6 Å². The standard InChI is InChI=1S/C33H38N2O9/c1-22(36)20-43-30-18-26(40-3)10-12-28(30)32(38)34-15-5-17-42-25-8-6-24(7-9-25)14-16-35-33(39)29-13-11-27(41-4)19-31(29)44-21-23(2)37/h6-13,18-19H,5,14-17,20-21H2,1-4H3,(H,34,38)(H,35,39). The Morgan fingerprint density at radius 2 is 1.09 bits per heavy atom. The van der Waals surface area contributed by atoms with E-state index in [9.17, 15) is 19.2 Å². The van der Waals surface area contributed by atoms with Crippen LogP contribution in [-0.4, -0.2) is 70.5 Å². The predicted molar refractivity (Wildman–Crippen MR) is 163 cm³/mol. The number of benzene rings is 3. The van der Waals surface area contributed by atoms with E-state index in [0.717, 1.165) is 5.56 Å². The zero-order chi connectivity index (χ0) is 31.9. The minimum Gasteiger partial charge on any atom is -0.497 e. The summed E-state index contributed by atoms with van der Waals surface area (Å²) in [6.07, 6.45) is 1.17. The van der Waals surface area contributed by atoms with Crippen LogP contribution in [0.15, 0.2) is 60.7 Å². The molecule has 0 radical (unpaired) electrons. The van der Waals surface area contributed by atoms with Gasteiger partial charge in [-0.15, -0.1) is 0 Å². The molecule has 0 unspecified atom stereocenters. The maximum Gasteiger partial charge on any atom is 0.255 e. The Labute approximate surface area is 256 Å². The first kappa shape index (κ1) is 33.4. The van der Waals surface area contributed by atoms with Crippen LogP contribution in [0, 0.1) is 0 Å². The molecule has 0 bridgehead atoms. The van der Waals surface area contributed by atoms with Crippen molar-refractivity contribution in [2.75, 3.05) is 47.1 Å². The van der Waals surface area contributed by atoms with Crippen molar-refractivity contribution in [3.63, 3.8) is 0 Å². The highest BCUT2D eigenvalue weighted by Crippen LogP contribution is 2.26. The Balaban J connectivity index is 1.41. The van der Waals surface area contributed by atoms with Gasteiger partial charge in [0.15, 0.2) is 11.6 Å². The van der Waals surface area contributed by atoms with Crippen molar-refractivity contribution in [2.24, 2.45) is 0 Å².